The summed E-state index contributed by atoms with van der Waals surface area (Å²) in [6, 6.07) is 0. The second kappa shape index (κ2) is 4.92. The maximum absolute atomic E-state index is 12.1. The molecule has 1 rings (SSSR count). The Morgan fingerprint density at radius 1 is 1.50 bits per heavy atom. The highest BCUT2D eigenvalue weighted by molar-refractivity contribution is 9.09. The molecule has 1 aliphatic rings. The lowest BCUT2D eigenvalue weighted by atomic mass is 10.1. The van der Waals surface area contributed by atoms with Crippen LogP contribution in [0.4, 0.5) is 0 Å². The summed E-state index contributed by atoms with van der Waals surface area (Å²) < 4.78 is 31.5. The average molecular weight is 314 g/mol. The zero-order chi connectivity index (χ0) is 12.6. The van der Waals surface area contributed by atoms with Gasteiger partial charge in [-0.1, -0.05) is 15.9 Å². The summed E-state index contributed by atoms with van der Waals surface area (Å²) in [5.74, 6) is 0. The van der Waals surface area contributed by atoms with Crippen molar-refractivity contribution in [3.8, 4) is 0 Å². The normalized spacial score (nSPS) is 27.2. The van der Waals surface area contributed by atoms with Gasteiger partial charge in [-0.05, 0) is 27.7 Å². The molecule has 0 saturated carbocycles. The Bertz CT molecular complexity index is 340. The summed E-state index contributed by atoms with van der Waals surface area (Å²) in [6.07, 6.45) is -0.0720. The van der Waals surface area contributed by atoms with E-state index >= 15 is 0 Å². The van der Waals surface area contributed by atoms with E-state index in [4.69, 9.17) is 4.74 Å². The fourth-order valence-electron chi connectivity index (χ4n) is 1.81. The predicted molar refractivity (Wildman–Crippen MR) is 68.4 cm³/mol. The van der Waals surface area contributed by atoms with Gasteiger partial charge in [0.05, 0.1) is 17.0 Å². The molecule has 0 bridgehead atoms. The summed E-state index contributed by atoms with van der Waals surface area (Å²) >= 11 is 3.35. The van der Waals surface area contributed by atoms with Crippen LogP contribution < -0.4 is 0 Å². The number of halogens is 1. The van der Waals surface area contributed by atoms with E-state index in [1.54, 1.807) is 18.2 Å². The molecule has 0 spiro atoms. The van der Waals surface area contributed by atoms with Crippen LogP contribution in [0.2, 0.25) is 0 Å². The maximum Gasteiger partial charge on any atom is 0.216 e. The number of hydrogen-bond acceptors (Lipinski definition) is 3. The molecule has 0 aliphatic carbocycles. The van der Waals surface area contributed by atoms with Crippen LogP contribution in [-0.4, -0.2) is 48.1 Å². The molecular formula is C10H20BrNO3S. The number of hydrogen-bond donors (Lipinski definition) is 0. The van der Waals surface area contributed by atoms with Gasteiger partial charge in [-0.3, -0.25) is 0 Å². The Morgan fingerprint density at radius 3 is 2.50 bits per heavy atom. The number of sulfonamides is 1. The van der Waals surface area contributed by atoms with Crippen LogP contribution in [0.25, 0.3) is 0 Å². The fraction of sp³-hybridized carbons (Fsp3) is 1.00. The molecule has 96 valence electrons. The highest BCUT2D eigenvalue weighted by Crippen LogP contribution is 2.25. The smallest absolute Gasteiger partial charge is 0.216 e. The predicted octanol–water partition coefficient (Wildman–Crippen LogP) is 1.60. The summed E-state index contributed by atoms with van der Waals surface area (Å²) in [7, 11) is -3.18. The number of nitrogens with zero attached hydrogens (tertiary/aromatic N) is 1. The molecule has 4 nitrogen and oxygen atoms in total. The molecule has 1 unspecified atom stereocenters. The minimum atomic E-state index is -3.18. The van der Waals surface area contributed by atoms with Crippen LogP contribution >= 0.6 is 15.9 Å². The molecule has 0 radical (unpaired) electrons. The van der Waals surface area contributed by atoms with Gasteiger partial charge in [0.1, 0.15) is 0 Å². The Labute approximate surface area is 107 Å². The lowest BCUT2D eigenvalue weighted by Crippen LogP contribution is -2.56. The van der Waals surface area contributed by atoms with Gasteiger partial charge in [-0.15, -0.1) is 0 Å². The van der Waals surface area contributed by atoms with Gasteiger partial charge < -0.3 is 4.74 Å². The number of alkyl halides is 1. The van der Waals surface area contributed by atoms with Crippen LogP contribution in [-0.2, 0) is 14.8 Å². The van der Waals surface area contributed by atoms with Crippen molar-refractivity contribution in [2.45, 2.75) is 44.6 Å². The van der Waals surface area contributed by atoms with Crippen molar-refractivity contribution >= 4 is 26.0 Å². The van der Waals surface area contributed by atoms with Crippen LogP contribution in [0.15, 0.2) is 0 Å². The first-order chi connectivity index (χ1) is 7.19. The largest absolute Gasteiger partial charge is 0.369 e. The van der Waals surface area contributed by atoms with Crippen LogP contribution in [0.5, 0.6) is 0 Å². The third kappa shape index (κ3) is 3.18. The Hall–Kier alpha value is 0.350. The third-order valence-electron chi connectivity index (χ3n) is 2.58. The summed E-state index contributed by atoms with van der Waals surface area (Å²) in [6.45, 7) is 8.13. The topological polar surface area (TPSA) is 46.6 Å². The van der Waals surface area contributed by atoms with E-state index in [1.165, 1.54) is 0 Å². The van der Waals surface area contributed by atoms with Crippen molar-refractivity contribution in [3.63, 3.8) is 0 Å². The van der Waals surface area contributed by atoms with E-state index in [0.29, 0.717) is 18.4 Å². The Kier molecular flexibility index (Phi) is 4.43. The SMILES string of the molecule is CC(C)S(=O)(=O)N1CC(CBr)OC(C)(C)C1. The molecule has 6 heteroatoms. The summed E-state index contributed by atoms with van der Waals surface area (Å²) in [5, 5.41) is 0.276. The van der Waals surface area contributed by atoms with Gasteiger partial charge in [-0.2, -0.15) is 4.31 Å². The molecule has 0 N–H and O–H groups in total. The maximum atomic E-state index is 12.1. The van der Waals surface area contributed by atoms with E-state index in [2.05, 4.69) is 15.9 Å². The van der Waals surface area contributed by atoms with Crippen molar-refractivity contribution in [1.82, 2.24) is 4.31 Å². The van der Waals surface area contributed by atoms with Crippen molar-refractivity contribution in [2.75, 3.05) is 18.4 Å². The number of rotatable bonds is 3. The Morgan fingerprint density at radius 2 is 2.06 bits per heavy atom. The van der Waals surface area contributed by atoms with E-state index < -0.39 is 15.6 Å². The fourth-order valence-corrected chi connectivity index (χ4v) is 3.61. The first-order valence-corrected chi connectivity index (χ1v) is 8.04. The molecule has 0 aromatic carbocycles. The standard InChI is InChI=1S/C10H20BrNO3S/c1-8(2)16(13,14)12-6-9(5-11)15-10(3,4)7-12/h8-9H,5-7H2,1-4H3. The van der Waals surface area contributed by atoms with E-state index in [1.807, 2.05) is 13.8 Å². The van der Waals surface area contributed by atoms with Crippen molar-refractivity contribution < 1.29 is 13.2 Å². The summed E-state index contributed by atoms with van der Waals surface area (Å²) in [5.41, 5.74) is -0.418. The second-order valence-corrected chi connectivity index (χ2v) is 8.18. The summed E-state index contributed by atoms with van der Waals surface area (Å²) in [4.78, 5) is 0. The molecule has 16 heavy (non-hydrogen) atoms. The zero-order valence-electron chi connectivity index (χ0n) is 10.2. The lowest BCUT2D eigenvalue weighted by molar-refractivity contribution is -0.107. The number of ether oxygens (including phenoxy) is 1. The van der Waals surface area contributed by atoms with Gasteiger partial charge >= 0.3 is 0 Å². The van der Waals surface area contributed by atoms with Crippen molar-refractivity contribution in [1.29, 1.82) is 0 Å². The molecule has 1 aliphatic heterocycles. The molecule has 0 aromatic heterocycles. The zero-order valence-corrected chi connectivity index (χ0v) is 12.6. The van der Waals surface area contributed by atoms with Gasteiger partial charge in [0.15, 0.2) is 0 Å². The quantitative estimate of drug-likeness (QED) is 0.744. The van der Waals surface area contributed by atoms with Crippen molar-refractivity contribution in [2.24, 2.45) is 0 Å². The molecule has 1 saturated heterocycles. The molecule has 0 aromatic rings. The first kappa shape index (κ1) is 14.4. The van der Waals surface area contributed by atoms with Gasteiger partial charge in [-0.25, -0.2) is 8.42 Å². The van der Waals surface area contributed by atoms with Gasteiger partial charge in [0.25, 0.3) is 0 Å². The molecule has 1 heterocycles. The van der Waals surface area contributed by atoms with E-state index in [9.17, 15) is 8.42 Å². The van der Waals surface area contributed by atoms with E-state index in [0.717, 1.165) is 0 Å². The van der Waals surface area contributed by atoms with Gasteiger partial charge in [0.2, 0.25) is 10.0 Å². The minimum absolute atomic E-state index is 0.0720. The Balaban J connectivity index is 2.90. The highest BCUT2D eigenvalue weighted by Gasteiger charge is 2.39. The lowest BCUT2D eigenvalue weighted by Gasteiger charge is -2.42. The molecule has 1 atom stereocenters. The number of morpholine rings is 1. The average Bonchev–Trinajstić information content (AvgIpc) is 2.14. The molecular weight excluding hydrogens is 294 g/mol. The molecule has 0 amide bonds. The molecule has 1 fully saturated rings. The highest BCUT2D eigenvalue weighted by atomic mass is 79.9. The van der Waals surface area contributed by atoms with Gasteiger partial charge in [0, 0.05) is 18.4 Å². The van der Waals surface area contributed by atoms with Crippen LogP contribution in [0.3, 0.4) is 0 Å². The van der Waals surface area contributed by atoms with Crippen molar-refractivity contribution in [3.05, 3.63) is 0 Å². The first-order valence-electron chi connectivity index (χ1n) is 5.42. The third-order valence-corrected chi connectivity index (χ3v) is 5.49. The van der Waals surface area contributed by atoms with E-state index in [-0.39, 0.29) is 11.4 Å². The van der Waals surface area contributed by atoms with Crippen LogP contribution in [0, 0.1) is 0 Å². The van der Waals surface area contributed by atoms with Crippen LogP contribution in [0.1, 0.15) is 27.7 Å². The monoisotopic (exact) mass is 313 g/mol. The second-order valence-electron chi connectivity index (χ2n) is 5.04. The minimum Gasteiger partial charge on any atom is -0.369 e.